The van der Waals surface area contributed by atoms with Gasteiger partial charge in [0.15, 0.2) is 11.5 Å². The molecule has 2 aromatic rings. The van der Waals surface area contributed by atoms with Gasteiger partial charge in [-0.2, -0.15) is 0 Å². The fourth-order valence-corrected chi connectivity index (χ4v) is 4.36. The Morgan fingerprint density at radius 3 is 2.76 bits per heavy atom. The summed E-state index contributed by atoms with van der Waals surface area (Å²) in [6.45, 7) is 4.48. The summed E-state index contributed by atoms with van der Waals surface area (Å²) < 4.78 is 5.20. The van der Waals surface area contributed by atoms with E-state index in [4.69, 9.17) is 4.74 Å². The van der Waals surface area contributed by atoms with Crippen molar-refractivity contribution < 1.29 is 9.84 Å². The highest BCUT2D eigenvalue weighted by Crippen LogP contribution is 2.51. The lowest BCUT2D eigenvalue weighted by Gasteiger charge is -2.39. The summed E-state index contributed by atoms with van der Waals surface area (Å²) in [4.78, 5) is 0. The number of methoxy groups -OCH3 is 1. The van der Waals surface area contributed by atoms with E-state index in [9.17, 15) is 5.11 Å². The number of hydrogen-bond acceptors (Lipinski definition) is 3. The van der Waals surface area contributed by atoms with Crippen molar-refractivity contribution in [2.24, 2.45) is 5.92 Å². The second-order valence-electron chi connectivity index (χ2n) is 7.37. The van der Waals surface area contributed by atoms with E-state index in [1.165, 1.54) is 16.8 Å². The summed E-state index contributed by atoms with van der Waals surface area (Å²) in [6.07, 6.45) is 5.70. The van der Waals surface area contributed by atoms with Crippen LogP contribution in [0.1, 0.15) is 54.8 Å². The lowest BCUT2D eigenvalue weighted by atomic mass is 9.75. The van der Waals surface area contributed by atoms with Crippen molar-refractivity contribution in [3.63, 3.8) is 0 Å². The molecule has 3 unspecified atom stereocenters. The number of fused-ring (bicyclic) bond motifs is 3. The van der Waals surface area contributed by atoms with Crippen LogP contribution in [0.5, 0.6) is 11.5 Å². The molecule has 0 spiro atoms. The first-order valence-electron chi connectivity index (χ1n) is 9.03. The lowest BCUT2D eigenvalue weighted by Crippen LogP contribution is -2.29. The van der Waals surface area contributed by atoms with Gasteiger partial charge < -0.3 is 15.2 Å². The normalized spacial score (nSPS) is 23.9. The van der Waals surface area contributed by atoms with Gasteiger partial charge in [0.25, 0.3) is 0 Å². The van der Waals surface area contributed by atoms with Gasteiger partial charge in [0.1, 0.15) is 0 Å². The fourth-order valence-electron chi connectivity index (χ4n) is 4.36. The van der Waals surface area contributed by atoms with Crippen molar-refractivity contribution in [2.45, 2.75) is 38.1 Å². The van der Waals surface area contributed by atoms with E-state index in [0.717, 1.165) is 12.0 Å². The highest BCUT2D eigenvalue weighted by molar-refractivity contribution is 5.65. The van der Waals surface area contributed by atoms with Crippen molar-refractivity contribution in [1.82, 2.24) is 0 Å². The maximum Gasteiger partial charge on any atom is 0.160 e. The number of rotatable bonds is 3. The zero-order chi connectivity index (χ0) is 17.6. The molecule has 1 aliphatic carbocycles. The van der Waals surface area contributed by atoms with Crippen molar-refractivity contribution in [3.05, 3.63) is 65.2 Å². The SMILES string of the molecule is COc1ccc(C2Nc3c(C(C)C)cccc3C3C=CCC32)cc1O. The highest BCUT2D eigenvalue weighted by Gasteiger charge is 2.38. The second-order valence-corrected chi connectivity index (χ2v) is 7.37. The van der Waals surface area contributed by atoms with E-state index in [-0.39, 0.29) is 11.8 Å². The maximum absolute atomic E-state index is 10.2. The van der Waals surface area contributed by atoms with Crippen molar-refractivity contribution >= 4 is 5.69 Å². The van der Waals surface area contributed by atoms with Crippen LogP contribution in [0, 0.1) is 5.92 Å². The third-order valence-corrected chi connectivity index (χ3v) is 5.61. The number of phenolic OH excluding ortho intramolecular Hbond substituents is 1. The Labute approximate surface area is 149 Å². The Balaban J connectivity index is 1.80. The average molecular weight is 335 g/mol. The van der Waals surface area contributed by atoms with Crippen LogP contribution in [-0.4, -0.2) is 12.2 Å². The molecule has 0 fully saturated rings. The van der Waals surface area contributed by atoms with Gasteiger partial charge in [-0.3, -0.25) is 0 Å². The van der Waals surface area contributed by atoms with Gasteiger partial charge in [0.2, 0.25) is 0 Å². The summed E-state index contributed by atoms with van der Waals surface area (Å²) in [7, 11) is 1.58. The number of aromatic hydroxyl groups is 1. The minimum absolute atomic E-state index is 0.184. The Bertz CT molecular complexity index is 825. The van der Waals surface area contributed by atoms with Crippen LogP contribution in [0.25, 0.3) is 0 Å². The fraction of sp³-hybridized carbons (Fsp3) is 0.364. The minimum atomic E-state index is 0.184. The number of allylic oxidation sites excluding steroid dienone is 2. The highest BCUT2D eigenvalue weighted by atomic mass is 16.5. The maximum atomic E-state index is 10.2. The average Bonchev–Trinajstić information content (AvgIpc) is 3.10. The van der Waals surface area contributed by atoms with Gasteiger partial charge in [-0.1, -0.05) is 50.3 Å². The van der Waals surface area contributed by atoms with Crippen LogP contribution in [0.2, 0.25) is 0 Å². The topological polar surface area (TPSA) is 41.5 Å². The van der Waals surface area contributed by atoms with Crippen molar-refractivity contribution in [3.8, 4) is 11.5 Å². The summed E-state index contributed by atoms with van der Waals surface area (Å²) in [5.41, 5.74) is 5.14. The molecule has 130 valence electrons. The largest absolute Gasteiger partial charge is 0.504 e. The van der Waals surface area contributed by atoms with Gasteiger partial charge in [-0.15, -0.1) is 0 Å². The first kappa shape index (κ1) is 16.1. The van der Waals surface area contributed by atoms with Gasteiger partial charge in [-0.05, 0) is 47.1 Å². The van der Waals surface area contributed by atoms with E-state index in [1.807, 2.05) is 12.1 Å². The molecule has 3 atom stereocenters. The zero-order valence-corrected chi connectivity index (χ0v) is 15.0. The molecule has 2 N–H and O–H groups in total. The molecule has 4 rings (SSSR count). The molecule has 0 radical (unpaired) electrons. The van der Waals surface area contributed by atoms with Gasteiger partial charge in [-0.25, -0.2) is 0 Å². The molecular weight excluding hydrogens is 310 g/mol. The van der Waals surface area contributed by atoms with Gasteiger partial charge in [0, 0.05) is 11.6 Å². The molecule has 25 heavy (non-hydrogen) atoms. The first-order valence-corrected chi connectivity index (χ1v) is 9.03. The first-order chi connectivity index (χ1) is 12.1. The molecule has 0 aromatic heterocycles. The monoisotopic (exact) mass is 335 g/mol. The molecule has 0 amide bonds. The van der Waals surface area contributed by atoms with Crippen LogP contribution >= 0.6 is 0 Å². The van der Waals surface area contributed by atoms with Crippen LogP contribution in [0.15, 0.2) is 48.6 Å². The molecule has 3 nitrogen and oxygen atoms in total. The lowest BCUT2D eigenvalue weighted by molar-refractivity contribution is 0.371. The predicted molar refractivity (Wildman–Crippen MR) is 102 cm³/mol. The quantitative estimate of drug-likeness (QED) is 0.743. The molecule has 0 saturated carbocycles. The standard InChI is InChI=1S/C22H25NO2/c1-13(2)15-6-4-9-18-16-7-5-8-17(16)21(23-22(15)18)14-10-11-20(25-3)19(24)12-14/h4-7,9-13,16-17,21,23-24H,8H2,1-3H3. The number of para-hydroxylation sites is 1. The van der Waals surface area contributed by atoms with Crippen molar-refractivity contribution in [1.29, 1.82) is 0 Å². The minimum Gasteiger partial charge on any atom is -0.504 e. The molecule has 0 saturated heterocycles. The van der Waals surface area contributed by atoms with Gasteiger partial charge in [0.05, 0.1) is 13.2 Å². The predicted octanol–water partition coefficient (Wildman–Crippen LogP) is 5.35. The molecule has 3 heteroatoms. The zero-order valence-electron chi connectivity index (χ0n) is 15.0. The number of hydrogen-bond donors (Lipinski definition) is 2. The number of anilines is 1. The molecule has 2 aliphatic rings. The summed E-state index contributed by atoms with van der Waals surface area (Å²) in [6, 6.07) is 12.6. The third-order valence-electron chi connectivity index (χ3n) is 5.61. The van der Waals surface area contributed by atoms with E-state index in [2.05, 4.69) is 55.6 Å². The van der Waals surface area contributed by atoms with Gasteiger partial charge >= 0.3 is 0 Å². The Morgan fingerprint density at radius 2 is 2.04 bits per heavy atom. The van der Waals surface area contributed by atoms with Crippen LogP contribution < -0.4 is 10.1 Å². The smallest absolute Gasteiger partial charge is 0.160 e. The van der Waals surface area contributed by atoms with Crippen LogP contribution in [-0.2, 0) is 0 Å². The van der Waals surface area contributed by atoms with E-state index >= 15 is 0 Å². The van der Waals surface area contributed by atoms with E-state index in [0.29, 0.717) is 23.5 Å². The number of ether oxygens (including phenoxy) is 1. The third kappa shape index (κ3) is 2.58. The molecule has 1 aliphatic heterocycles. The molecule has 1 heterocycles. The Kier molecular flexibility index (Phi) is 3.95. The summed E-state index contributed by atoms with van der Waals surface area (Å²) >= 11 is 0. The number of nitrogens with one attached hydrogen (secondary N) is 1. The van der Waals surface area contributed by atoms with Crippen LogP contribution in [0.3, 0.4) is 0 Å². The van der Waals surface area contributed by atoms with E-state index < -0.39 is 0 Å². The summed E-state index contributed by atoms with van der Waals surface area (Å²) in [5.74, 6) is 2.09. The molecule has 0 bridgehead atoms. The number of phenols is 1. The van der Waals surface area contributed by atoms with Crippen LogP contribution in [0.4, 0.5) is 5.69 Å². The molecular formula is C22H25NO2. The van der Waals surface area contributed by atoms with E-state index in [1.54, 1.807) is 7.11 Å². The number of benzene rings is 2. The summed E-state index contributed by atoms with van der Waals surface area (Å²) in [5, 5.41) is 14.0. The Hall–Kier alpha value is -2.42. The Morgan fingerprint density at radius 1 is 1.20 bits per heavy atom. The molecule has 2 aromatic carbocycles. The van der Waals surface area contributed by atoms with Crippen molar-refractivity contribution in [2.75, 3.05) is 12.4 Å². The second kappa shape index (κ2) is 6.14.